The Labute approximate surface area is 232 Å². The molecule has 2 fully saturated rings. The standard InChI is InChI=1S/C29H31N9O2/c1-19-3-2-4-24(34-19)28-33-10-7-26(37-28)35-25-6-9-32-27(36-25)12-20-11-21(14-31-13-20)16-38-17-22(18-38)29(39)40-23-5-8-30-15-23/h2-4,6-7,9-11,13-14,22-23,30H,5,8,12,15-18H2,1H3,(H,32,33,35,36,37)/t23-/m0/s1. The van der Waals surface area contributed by atoms with Crippen LogP contribution < -0.4 is 10.6 Å². The Morgan fingerprint density at radius 1 is 1.05 bits per heavy atom. The maximum absolute atomic E-state index is 12.4. The van der Waals surface area contributed by atoms with Crippen LogP contribution in [0.15, 0.2) is 61.2 Å². The molecule has 6 heterocycles. The van der Waals surface area contributed by atoms with Gasteiger partial charge >= 0.3 is 5.97 Å². The molecule has 1 atom stereocenters. The van der Waals surface area contributed by atoms with Crippen LogP contribution in [-0.4, -0.2) is 73.1 Å². The zero-order valence-corrected chi connectivity index (χ0v) is 22.3. The van der Waals surface area contributed by atoms with Crippen molar-refractivity contribution < 1.29 is 9.53 Å². The van der Waals surface area contributed by atoms with Crippen molar-refractivity contribution in [3.8, 4) is 11.5 Å². The van der Waals surface area contributed by atoms with E-state index in [0.29, 0.717) is 42.8 Å². The molecule has 2 N–H and O–H groups in total. The Balaban J connectivity index is 1.04. The lowest BCUT2D eigenvalue weighted by Gasteiger charge is -2.38. The minimum atomic E-state index is -0.0764. The third-order valence-electron chi connectivity index (χ3n) is 6.94. The summed E-state index contributed by atoms with van der Waals surface area (Å²) in [6.45, 7) is 5.78. The van der Waals surface area contributed by atoms with E-state index >= 15 is 0 Å². The van der Waals surface area contributed by atoms with Crippen LogP contribution in [0.3, 0.4) is 0 Å². The van der Waals surface area contributed by atoms with Crippen LogP contribution >= 0.6 is 0 Å². The van der Waals surface area contributed by atoms with Gasteiger partial charge in [-0.3, -0.25) is 14.7 Å². The predicted molar refractivity (Wildman–Crippen MR) is 148 cm³/mol. The maximum Gasteiger partial charge on any atom is 0.311 e. The minimum Gasteiger partial charge on any atom is -0.461 e. The van der Waals surface area contributed by atoms with E-state index in [-0.39, 0.29) is 18.0 Å². The molecule has 0 aromatic carbocycles. The van der Waals surface area contributed by atoms with Crippen molar-refractivity contribution in [1.29, 1.82) is 0 Å². The number of nitrogens with one attached hydrogen (secondary N) is 2. The third kappa shape index (κ3) is 6.44. The Hall–Kier alpha value is -4.35. The second-order valence-corrected chi connectivity index (χ2v) is 10.2. The van der Waals surface area contributed by atoms with Crippen LogP contribution in [0.1, 0.15) is 29.1 Å². The van der Waals surface area contributed by atoms with Crippen LogP contribution in [0.5, 0.6) is 0 Å². The Kier molecular flexibility index (Phi) is 7.64. The number of aromatic nitrogens is 6. The van der Waals surface area contributed by atoms with Crippen LogP contribution in [0.4, 0.5) is 11.6 Å². The van der Waals surface area contributed by atoms with Crippen molar-refractivity contribution in [3.63, 3.8) is 0 Å². The number of anilines is 2. The molecule has 2 saturated heterocycles. The summed E-state index contributed by atoms with van der Waals surface area (Å²) in [5.74, 6) is 2.36. The number of likely N-dealkylation sites (tertiary alicyclic amines) is 1. The Bertz CT molecular complexity index is 1490. The number of ether oxygens (including phenoxy) is 1. The molecule has 40 heavy (non-hydrogen) atoms. The quantitative estimate of drug-likeness (QED) is 0.306. The molecule has 2 aliphatic rings. The zero-order valence-electron chi connectivity index (χ0n) is 22.3. The van der Waals surface area contributed by atoms with Crippen LogP contribution in [0.25, 0.3) is 11.5 Å². The molecule has 0 aliphatic carbocycles. The molecule has 2 aliphatic heterocycles. The molecule has 4 aromatic rings. The largest absolute Gasteiger partial charge is 0.461 e. The highest BCUT2D eigenvalue weighted by Gasteiger charge is 2.35. The molecule has 0 bridgehead atoms. The van der Waals surface area contributed by atoms with E-state index in [4.69, 9.17) is 4.74 Å². The number of esters is 1. The van der Waals surface area contributed by atoms with Crippen molar-refractivity contribution in [2.45, 2.75) is 32.4 Å². The molecule has 6 rings (SSSR count). The first-order chi connectivity index (χ1) is 19.6. The minimum absolute atomic E-state index is 0.0210. The average Bonchev–Trinajstić information content (AvgIpc) is 3.44. The van der Waals surface area contributed by atoms with Crippen LogP contribution in [0, 0.1) is 12.8 Å². The number of carbonyl (C=O) groups excluding carboxylic acids is 1. The zero-order chi connectivity index (χ0) is 27.3. The fourth-order valence-corrected chi connectivity index (χ4v) is 4.91. The average molecular weight is 538 g/mol. The molecule has 0 radical (unpaired) electrons. The SMILES string of the molecule is Cc1cccc(-c2nccc(Nc3ccnc(Cc4cncc(CN5CC(C(=O)O[C@H]6CCNC6)C5)c4)n3)n2)n1. The first-order valence-corrected chi connectivity index (χ1v) is 13.5. The summed E-state index contributed by atoms with van der Waals surface area (Å²) in [5.41, 5.74) is 3.74. The van der Waals surface area contributed by atoms with E-state index in [1.807, 2.05) is 37.5 Å². The third-order valence-corrected chi connectivity index (χ3v) is 6.94. The monoisotopic (exact) mass is 537 g/mol. The van der Waals surface area contributed by atoms with E-state index in [1.54, 1.807) is 24.5 Å². The van der Waals surface area contributed by atoms with Gasteiger partial charge in [0.15, 0.2) is 5.82 Å². The lowest BCUT2D eigenvalue weighted by atomic mass is 9.99. The van der Waals surface area contributed by atoms with Crippen molar-refractivity contribution in [2.75, 3.05) is 31.5 Å². The number of pyridine rings is 2. The van der Waals surface area contributed by atoms with Crippen LogP contribution in [0.2, 0.25) is 0 Å². The lowest BCUT2D eigenvalue weighted by Crippen LogP contribution is -2.50. The molecule has 204 valence electrons. The fourth-order valence-electron chi connectivity index (χ4n) is 4.91. The molecule has 0 saturated carbocycles. The second-order valence-electron chi connectivity index (χ2n) is 10.2. The molecule has 11 nitrogen and oxygen atoms in total. The van der Waals surface area contributed by atoms with Crippen LogP contribution in [-0.2, 0) is 22.5 Å². The fraction of sp³-hybridized carbons (Fsp3) is 0.345. The molecule has 0 unspecified atom stereocenters. The summed E-state index contributed by atoms with van der Waals surface area (Å²) >= 11 is 0. The van der Waals surface area contributed by atoms with E-state index in [1.165, 1.54) is 0 Å². The normalized spacial score (nSPS) is 17.4. The van der Waals surface area contributed by atoms with Gasteiger partial charge in [-0.25, -0.2) is 24.9 Å². The second kappa shape index (κ2) is 11.8. The first-order valence-electron chi connectivity index (χ1n) is 13.5. The van der Waals surface area contributed by atoms with E-state index in [2.05, 4.69) is 51.5 Å². The Morgan fingerprint density at radius 2 is 1.88 bits per heavy atom. The number of carbonyl (C=O) groups is 1. The van der Waals surface area contributed by atoms with Gasteiger partial charge in [-0.05, 0) is 55.3 Å². The predicted octanol–water partition coefficient (Wildman–Crippen LogP) is 2.70. The highest BCUT2D eigenvalue weighted by molar-refractivity contribution is 5.74. The summed E-state index contributed by atoms with van der Waals surface area (Å²) in [6, 6.07) is 11.5. The summed E-state index contributed by atoms with van der Waals surface area (Å²) < 4.78 is 5.61. The van der Waals surface area contributed by atoms with Gasteiger partial charge in [0.1, 0.15) is 29.3 Å². The van der Waals surface area contributed by atoms with Gasteiger partial charge in [-0.2, -0.15) is 0 Å². The summed E-state index contributed by atoms with van der Waals surface area (Å²) in [4.78, 5) is 41.6. The smallest absolute Gasteiger partial charge is 0.311 e. The first kappa shape index (κ1) is 25.9. The Morgan fingerprint density at radius 3 is 2.70 bits per heavy atom. The van der Waals surface area contributed by atoms with Gasteiger partial charge in [0.25, 0.3) is 0 Å². The summed E-state index contributed by atoms with van der Waals surface area (Å²) in [7, 11) is 0. The van der Waals surface area contributed by atoms with Crippen molar-refractivity contribution in [2.24, 2.45) is 5.92 Å². The van der Waals surface area contributed by atoms with E-state index in [0.717, 1.165) is 48.6 Å². The van der Waals surface area contributed by atoms with Gasteiger partial charge in [0, 0.05) is 63.1 Å². The number of nitrogens with zero attached hydrogens (tertiary/aromatic N) is 7. The maximum atomic E-state index is 12.4. The van der Waals surface area contributed by atoms with Gasteiger partial charge in [0.2, 0.25) is 0 Å². The number of rotatable bonds is 9. The van der Waals surface area contributed by atoms with Gasteiger partial charge in [-0.1, -0.05) is 12.1 Å². The highest BCUT2D eigenvalue weighted by Crippen LogP contribution is 2.22. The van der Waals surface area contributed by atoms with Gasteiger partial charge < -0.3 is 15.4 Å². The number of aryl methyl sites for hydroxylation is 1. The van der Waals surface area contributed by atoms with Crippen molar-refractivity contribution >= 4 is 17.6 Å². The molecule has 0 spiro atoms. The molecular formula is C29H31N9O2. The van der Waals surface area contributed by atoms with E-state index < -0.39 is 0 Å². The molecule has 4 aromatic heterocycles. The van der Waals surface area contributed by atoms with E-state index in [9.17, 15) is 4.79 Å². The van der Waals surface area contributed by atoms with Gasteiger partial charge in [0.05, 0.1) is 5.92 Å². The van der Waals surface area contributed by atoms with Gasteiger partial charge in [-0.15, -0.1) is 0 Å². The number of hydrogen-bond acceptors (Lipinski definition) is 11. The molecule has 0 amide bonds. The topological polar surface area (TPSA) is 131 Å². The summed E-state index contributed by atoms with van der Waals surface area (Å²) in [5, 5.41) is 6.48. The van der Waals surface area contributed by atoms with Crippen molar-refractivity contribution in [1.82, 2.24) is 40.1 Å². The molecule has 11 heteroatoms. The lowest BCUT2D eigenvalue weighted by molar-refractivity contribution is -0.159. The van der Waals surface area contributed by atoms with Crippen molar-refractivity contribution in [3.05, 3.63) is 83.8 Å². The number of hydrogen-bond donors (Lipinski definition) is 2. The highest BCUT2D eigenvalue weighted by atomic mass is 16.5. The summed E-state index contributed by atoms with van der Waals surface area (Å²) in [6.07, 6.45) is 8.60. The molecular weight excluding hydrogens is 506 g/mol.